The van der Waals surface area contributed by atoms with Gasteiger partial charge in [-0.2, -0.15) is 13.8 Å². The largest absolute Gasteiger partial charge is 0.357 e. The lowest BCUT2D eigenvalue weighted by Gasteiger charge is -2.06. The molecule has 0 aliphatic carbocycles. The minimum atomic E-state index is -1.72. The molecule has 0 saturated heterocycles. The van der Waals surface area contributed by atoms with Crippen LogP contribution in [-0.2, 0) is 0 Å². The van der Waals surface area contributed by atoms with E-state index in [1.54, 1.807) is 7.05 Å². The van der Waals surface area contributed by atoms with Crippen LogP contribution in [0.25, 0.3) is 11.1 Å². The maximum atomic E-state index is 13.4. The van der Waals surface area contributed by atoms with Crippen LogP contribution >= 0.6 is 0 Å². The molecule has 0 amide bonds. The predicted octanol–water partition coefficient (Wildman–Crippen LogP) is 2.14. The quantitative estimate of drug-likeness (QED) is 0.662. The summed E-state index contributed by atoms with van der Waals surface area (Å²) in [6.07, 6.45) is 2.08. The summed E-state index contributed by atoms with van der Waals surface area (Å²) in [5.41, 5.74) is -1.08. The summed E-state index contributed by atoms with van der Waals surface area (Å²) < 4.78 is 52.6. The van der Waals surface area contributed by atoms with Crippen molar-refractivity contribution < 1.29 is 17.6 Å². The highest BCUT2D eigenvalue weighted by atomic mass is 19.2. The number of anilines is 1. The smallest absolute Gasteiger partial charge is 0.252 e. The molecule has 0 spiro atoms. The van der Waals surface area contributed by atoms with Crippen LogP contribution in [0.3, 0.4) is 0 Å². The Labute approximate surface area is 98.7 Å². The number of nitrogens with zero attached hydrogens (tertiary/aromatic N) is 3. The van der Waals surface area contributed by atoms with Crippen molar-refractivity contribution in [3.05, 3.63) is 35.9 Å². The molecule has 0 atom stereocenters. The fraction of sp³-hybridized carbons (Fsp3) is 0.100. The van der Waals surface area contributed by atoms with Crippen LogP contribution in [0.2, 0.25) is 0 Å². The lowest BCUT2D eigenvalue weighted by molar-refractivity contribution is 0.410. The molecule has 4 nitrogen and oxygen atoms in total. The molecule has 8 heteroatoms. The third-order valence-corrected chi connectivity index (χ3v) is 2.16. The van der Waals surface area contributed by atoms with Crippen LogP contribution in [-0.4, -0.2) is 22.0 Å². The van der Waals surface area contributed by atoms with Gasteiger partial charge in [0.25, 0.3) is 11.9 Å². The predicted molar refractivity (Wildman–Crippen MR) is 54.6 cm³/mol. The van der Waals surface area contributed by atoms with Gasteiger partial charge in [-0.05, 0) is 0 Å². The van der Waals surface area contributed by atoms with E-state index in [1.165, 1.54) is 0 Å². The van der Waals surface area contributed by atoms with Gasteiger partial charge in [-0.3, -0.25) is 0 Å². The molecule has 0 fully saturated rings. The molecule has 2 heterocycles. The number of halogens is 4. The van der Waals surface area contributed by atoms with Gasteiger partial charge in [0.2, 0.25) is 5.95 Å². The van der Waals surface area contributed by atoms with Crippen LogP contribution in [0.4, 0.5) is 23.5 Å². The average molecular weight is 258 g/mol. The Morgan fingerprint density at radius 2 is 1.44 bits per heavy atom. The summed E-state index contributed by atoms with van der Waals surface area (Å²) in [6.45, 7) is 0. The Hall–Kier alpha value is -2.25. The summed E-state index contributed by atoms with van der Waals surface area (Å²) >= 11 is 0. The minimum absolute atomic E-state index is 0.191. The first-order valence-electron chi connectivity index (χ1n) is 4.74. The number of hydrogen-bond donors (Lipinski definition) is 1. The van der Waals surface area contributed by atoms with E-state index in [-0.39, 0.29) is 11.5 Å². The second-order valence-corrected chi connectivity index (χ2v) is 3.24. The molecule has 2 aromatic heterocycles. The third-order valence-electron chi connectivity index (χ3n) is 2.16. The molecular weight excluding hydrogens is 252 g/mol. The number of pyridine rings is 1. The van der Waals surface area contributed by atoms with Gasteiger partial charge < -0.3 is 5.32 Å². The van der Waals surface area contributed by atoms with Gasteiger partial charge in [0.1, 0.15) is 0 Å². The zero-order valence-corrected chi connectivity index (χ0v) is 9.01. The first-order chi connectivity index (χ1) is 8.54. The lowest BCUT2D eigenvalue weighted by Crippen LogP contribution is -2.04. The molecule has 2 rings (SSSR count). The molecular formula is C10H6F4N4. The van der Waals surface area contributed by atoms with E-state index in [0.29, 0.717) is 0 Å². The van der Waals surface area contributed by atoms with Crippen molar-refractivity contribution in [2.45, 2.75) is 0 Å². The van der Waals surface area contributed by atoms with Crippen molar-refractivity contribution in [2.24, 2.45) is 0 Å². The standard InChI is InChI=1S/C10H6F4N4/c1-15-10-16-2-4(3-17-10)5-6(11)8(13)18-9(14)7(5)12/h2-3H,1H3,(H,15,16,17). The molecule has 0 bridgehead atoms. The molecule has 0 aromatic carbocycles. The highest BCUT2D eigenvalue weighted by Crippen LogP contribution is 2.27. The van der Waals surface area contributed by atoms with E-state index in [1.807, 2.05) is 0 Å². The van der Waals surface area contributed by atoms with E-state index in [2.05, 4.69) is 20.3 Å². The van der Waals surface area contributed by atoms with Gasteiger partial charge in [0.15, 0.2) is 11.6 Å². The maximum Gasteiger partial charge on any atom is 0.252 e. The van der Waals surface area contributed by atoms with E-state index < -0.39 is 29.1 Å². The minimum Gasteiger partial charge on any atom is -0.357 e. The average Bonchev–Trinajstić information content (AvgIpc) is 2.37. The van der Waals surface area contributed by atoms with Crippen molar-refractivity contribution in [3.8, 4) is 11.1 Å². The van der Waals surface area contributed by atoms with Gasteiger partial charge in [0, 0.05) is 25.0 Å². The van der Waals surface area contributed by atoms with E-state index >= 15 is 0 Å². The van der Waals surface area contributed by atoms with E-state index in [9.17, 15) is 17.6 Å². The van der Waals surface area contributed by atoms with Gasteiger partial charge >= 0.3 is 0 Å². The Balaban J connectivity index is 2.62. The zero-order valence-electron chi connectivity index (χ0n) is 9.01. The summed E-state index contributed by atoms with van der Waals surface area (Å²) in [6, 6.07) is 0. The lowest BCUT2D eigenvalue weighted by atomic mass is 10.1. The van der Waals surface area contributed by atoms with Crippen LogP contribution in [0.15, 0.2) is 12.4 Å². The molecule has 18 heavy (non-hydrogen) atoms. The number of rotatable bonds is 2. The second-order valence-electron chi connectivity index (χ2n) is 3.24. The van der Waals surface area contributed by atoms with Gasteiger partial charge in [-0.25, -0.2) is 18.7 Å². The molecule has 0 radical (unpaired) electrons. The second kappa shape index (κ2) is 4.55. The zero-order chi connectivity index (χ0) is 13.3. The topological polar surface area (TPSA) is 50.7 Å². The fourth-order valence-corrected chi connectivity index (χ4v) is 1.33. The SMILES string of the molecule is CNc1ncc(-c2c(F)c(F)nc(F)c2F)cn1. The normalized spacial score (nSPS) is 10.5. The molecule has 2 aromatic rings. The molecule has 0 saturated carbocycles. The Morgan fingerprint density at radius 1 is 0.944 bits per heavy atom. The van der Waals surface area contributed by atoms with Gasteiger partial charge in [-0.1, -0.05) is 0 Å². The van der Waals surface area contributed by atoms with E-state index in [4.69, 9.17) is 0 Å². The summed E-state index contributed by atoms with van der Waals surface area (Å²) in [7, 11) is 1.54. The van der Waals surface area contributed by atoms with Crippen LogP contribution in [0.5, 0.6) is 0 Å². The van der Waals surface area contributed by atoms with Gasteiger partial charge in [0.05, 0.1) is 5.56 Å². The van der Waals surface area contributed by atoms with Crippen molar-refractivity contribution in [1.82, 2.24) is 15.0 Å². The first kappa shape index (κ1) is 12.2. The van der Waals surface area contributed by atoms with Crippen LogP contribution in [0.1, 0.15) is 0 Å². The highest BCUT2D eigenvalue weighted by Gasteiger charge is 2.22. The van der Waals surface area contributed by atoms with E-state index in [0.717, 1.165) is 12.4 Å². The van der Waals surface area contributed by atoms with Crippen molar-refractivity contribution >= 4 is 5.95 Å². The first-order valence-corrected chi connectivity index (χ1v) is 4.74. The van der Waals surface area contributed by atoms with Crippen LogP contribution < -0.4 is 5.32 Å². The van der Waals surface area contributed by atoms with Crippen molar-refractivity contribution in [1.29, 1.82) is 0 Å². The van der Waals surface area contributed by atoms with Gasteiger partial charge in [-0.15, -0.1) is 0 Å². The number of hydrogen-bond acceptors (Lipinski definition) is 4. The number of nitrogens with one attached hydrogen (secondary N) is 1. The molecule has 0 aliphatic rings. The van der Waals surface area contributed by atoms with Crippen molar-refractivity contribution in [3.63, 3.8) is 0 Å². The monoisotopic (exact) mass is 258 g/mol. The molecule has 0 unspecified atom stereocenters. The van der Waals surface area contributed by atoms with Crippen LogP contribution in [0, 0.1) is 23.5 Å². The Morgan fingerprint density at radius 3 is 1.89 bits per heavy atom. The number of aromatic nitrogens is 3. The maximum absolute atomic E-state index is 13.4. The summed E-state index contributed by atoms with van der Waals surface area (Å²) in [5.74, 6) is -6.41. The molecule has 0 aliphatic heterocycles. The van der Waals surface area contributed by atoms with Crippen molar-refractivity contribution in [2.75, 3.05) is 12.4 Å². The summed E-state index contributed by atoms with van der Waals surface area (Å²) in [4.78, 5) is 9.84. The third kappa shape index (κ3) is 1.96. The molecule has 94 valence electrons. The highest BCUT2D eigenvalue weighted by molar-refractivity contribution is 5.63. The fourth-order valence-electron chi connectivity index (χ4n) is 1.33. The Kier molecular flexibility index (Phi) is 3.09. The summed E-state index contributed by atoms with van der Waals surface area (Å²) in [5, 5.41) is 2.59. The Bertz CT molecular complexity index is 559. The molecule has 1 N–H and O–H groups in total.